The second-order valence-electron chi connectivity index (χ2n) is 7.59. The minimum absolute atomic E-state index is 0.215. The number of ether oxygens (including phenoxy) is 1. The van der Waals surface area contributed by atoms with E-state index in [1.807, 2.05) is 30.3 Å². The van der Waals surface area contributed by atoms with E-state index in [-0.39, 0.29) is 34.4 Å². The Morgan fingerprint density at radius 3 is 2.61 bits per heavy atom. The average molecular weight is 421 g/mol. The highest BCUT2D eigenvalue weighted by atomic mass is 16.5. The number of benzene rings is 1. The van der Waals surface area contributed by atoms with Crippen LogP contribution in [0.15, 0.2) is 53.6 Å². The minimum Gasteiger partial charge on any atom is -0.505 e. The van der Waals surface area contributed by atoms with E-state index in [1.54, 1.807) is 23.8 Å². The second-order valence-corrected chi connectivity index (χ2v) is 7.59. The van der Waals surface area contributed by atoms with Crippen LogP contribution in [0.2, 0.25) is 0 Å². The lowest BCUT2D eigenvalue weighted by Crippen LogP contribution is -2.44. The molecule has 31 heavy (non-hydrogen) atoms. The lowest BCUT2D eigenvalue weighted by Gasteiger charge is -2.16. The van der Waals surface area contributed by atoms with Gasteiger partial charge in [-0.05, 0) is 37.8 Å². The second kappa shape index (κ2) is 8.22. The van der Waals surface area contributed by atoms with Crippen LogP contribution in [0.3, 0.4) is 0 Å². The van der Waals surface area contributed by atoms with Gasteiger partial charge >= 0.3 is 5.97 Å². The van der Waals surface area contributed by atoms with E-state index >= 15 is 0 Å². The maximum absolute atomic E-state index is 12.8. The number of aromatic hydroxyl groups is 1. The normalized spacial score (nSPS) is 14.2. The first kappa shape index (κ1) is 20.6. The van der Waals surface area contributed by atoms with Gasteiger partial charge in [0.1, 0.15) is 5.54 Å². The minimum atomic E-state index is -1.06. The van der Waals surface area contributed by atoms with E-state index in [2.05, 4.69) is 10.3 Å². The number of pyridine rings is 2. The first-order valence-corrected chi connectivity index (χ1v) is 10.2. The first-order valence-electron chi connectivity index (χ1n) is 10.2. The van der Waals surface area contributed by atoms with Crippen molar-refractivity contribution in [2.45, 2.75) is 38.3 Å². The van der Waals surface area contributed by atoms with Crippen LogP contribution in [0.25, 0.3) is 10.8 Å². The van der Waals surface area contributed by atoms with Gasteiger partial charge in [-0.15, -0.1) is 0 Å². The summed E-state index contributed by atoms with van der Waals surface area (Å²) in [6, 6.07) is 11.4. The number of amides is 1. The summed E-state index contributed by atoms with van der Waals surface area (Å²) in [6.45, 7) is 2.38. The van der Waals surface area contributed by atoms with E-state index < -0.39 is 17.4 Å². The molecule has 1 saturated carbocycles. The molecule has 0 aliphatic heterocycles. The molecule has 0 bridgehead atoms. The Balaban J connectivity index is 1.57. The topological polar surface area (TPSA) is 111 Å². The quantitative estimate of drug-likeness (QED) is 0.566. The number of rotatable bonds is 7. The Hall–Kier alpha value is -3.68. The average Bonchev–Trinajstić information content (AvgIpc) is 3.55. The standard InChI is InChI=1S/C23H23N3O5/c1-2-31-22(30)23(10-11-23)25-20(28)18-19(27)16-9-13-26(21(29)17(16)14-24-18)12-8-15-6-4-3-5-7-15/h3-7,9,13-14,27H,2,8,10-12H2,1H3,(H,25,28). The van der Waals surface area contributed by atoms with Crippen molar-refractivity contribution in [3.63, 3.8) is 0 Å². The number of aryl methyl sites for hydroxylation is 2. The van der Waals surface area contributed by atoms with Gasteiger partial charge in [-0.3, -0.25) is 9.59 Å². The largest absolute Gasteiger partial charge is 0.505 e. The molecule has 1 aliphatic carbocycles. The molecule has 8 nitrogen and oxygen atoms in total. The van der Waals surface area contributed by atoms with E-state index in [0.717, 1.165) is 5.56 Å². The lowest BCUT2D eigenvalue weighted by molar-refractivity contribution is -0.146. The van der Waals surface area contributed by atoms with Gasteiger partial charge in [0.05, 0.1) is 12.0 Å². The Morgan fingerprint density at radius 2 is 1.94 bits per heavy atom. The third-order valence-corrected chi connectivity index (χ3v) is 5.47. The summed E-state index contributed by atoms with van der Waals surface area (Å²) < 4.78 is 6.56. The van der Waals surface area contributed by atoms with Crippen molar-refractivity contribution in [1.82, 2.24) is 14.9 Å². The number of fused-ring (bicyclic) bond motifs is 1. The fraction of sp³-hybridized carbons (Fsp3) is 0.304. The van der Waals surface area contributed by atoms with Crippen LogP contribution in [0.1, 0.15) is 35.8 Å². The molecule has 0 saturated heterocycles. The van der Waals surface area contributed by atoms with Gasteiger partial charge in [0.15, 0.2) is 11.4 Å². The van der Waals surface area contributed by atoms with E-state index in [0.29, 0.717) is 25.8 Å². The Bertz CT molecular complexity index is 1200. The number of nitrogens with one attached hydrogen (secondary N) is 1. The molecule has 0 atom stereocenters. The molecule has 2 N–H and O–H groups in total. The summed E-state index contributed by atoms with van der Waals surface area (Å²) in [5.41, 5.74) is -0.479. The molecule has 1 aliphatic rings. The number of esters is 1. The highest BCUT2D eigenvalue weighted by Crippen LogP contribution is 2.37. The van der Waals surface area contributed by atoms with Gasteiger partial charge in [0.25, 0.3) is 11.5 Å². The van der Waals surface area contributed by atoms with Crippen molar-refractivity contribution < 1.29 is 19.4 Å². The van der Waals surface area contributed by atoms with Crippen LogP contribution in [0.5, 0.6) is 5.75 Å². The van der Waals surface area contributed by atoms with Gasteiger partial charge in [-0.2, -0.15) is 0 Å². The van der Waals surface area contributed by atoms with Gasteiger partial charge in [-0.25, -0.2) is 9.78 Å². The third kappa shape index (κ3) is 4.01. The monoisotopic (exact) mass is 421 g/mol. The zero-order valence-corrected chi connectivity index (χ0v) is 17.1. The summed E-state index contributed by atoms with van der Waals surface area (Å²) in [6.07, 6.45) is 4.50. The molecule has 2 aromatic heterocycles. The van der Waals surface area contributed by atoms with Crippen LogP contribution in [0.4, 0.5) is 0 Å². The van der Waals surface area contributed by atoms with Crippen molar-refractivity contribution in [1.29, 1.82) is 0 Å². The molecule has 2 heterocycles. The zero-order valence-electron chi connectivity index (χ0n) is 17.1. The number of aromatic nitrogens is 2. The Kier molecular flexibility index (Phi) is 5.46. The van der Waals surface area contributed by atoms with E-state index in [4.69, 9.17) is 4.74 Å². The molecule has 3 aromatic rings. The third-order valence-electron chi connectivity index (χ3n) is 5.47. The van der Waals surface area contributed by atoms with Crippen LogP contribution in [-0.4, -0.2) is 38.7 Å². The smallest absolute Gasteiger partial charge is 0.331 e. The molecule has 1 fully saturated rings. The highest BCUT2D eigenvalue weighted by molar-refractivity contribution is 6.03. The molecule has 0 spiro atoms. The van der Waals surface area contributed by atoms with Crippen molar-refractivity contribution in [3.8, 4) is 5.75 Å². The summed E-state index contributed by atoms with van der Waals surface area (Å²) in [5, 5.41) is 13.7. The Labute approximate surface area is 178 Å². The number of carbonyl (C=O) groups is 2. The van der Waals surface area contributed by atoms with Crippen molar-refractivity contribution >= 4 is 22.6 Å². The lowest BCUT2D eigenvalue weighted by atomic mass is 10.1. The van der Waals surface area contributed by atoms with Crippen molar-refractivity contribution in [2.75, 3.05) is 6.61 Å². The van der Waals surface area contributed by atoms with Crippen molar-refractivity contribution in [3.05, 3.63) is 70.4 Å². The maximum atomic E-state index is 12.8. The number of nitrogens with zero attached hydrogens (tertiary/aromatic N) is 2. The molecular formula is C23H23N3O5. The summed E-state index contributed by atoms with van der Waals surface area (Å²) in [7, 11) is 0. The predicted octanol–water partition coefficient (Wildman–Crippen LogP) is 2.17. The molecule has 1 aromatic carbocycles. The summed E-state index contributed by atoms with van der Waals surface area (Å²) in [5.74, 6) is -1.56. The number of carbonyl (C=O) groups excluding carboxylic acids is 2. The molecule has 4 rings (SSSR count). The fourth-order valence-corrected chi connectivity index (χ4v) is 3.53. The van der Waals surface area contributed by atoms with E-state index in [9.17, 15) is 19.5 Å². The van der Waals surface area contributed by atoms with Gasteiger partial charge < -0.3 is 19.7 Å². The molecule has 0 unspecified atom stereocenters. The van der Waals surface area contributed by atoms with Crippen LogP contribution < -0.4 is 10.9 Å². The zero-order chi connectivity index (χ0) is 22.0. The molecular weight excluding hydrogens is 398 g/mol. The number of hydrogen-bond donors (Lipinski definition) is 2. The van der Waals surface area contributed by atoms with E-state index in [1.165, 1.54) is 6.20 Å². The molecule has 1 amide bonds. The Morgan fingerprint density at radius 1 is 1.19 bits per heavy atom. The van der Waals surface area contributed by atoms with Crippen LogP contribution >= 0.6 is 0 Å². The van der Waals surface area contributed by atoms with Crippen molar-refractivity contribution in [2.24, 2.45) is 0 Å². The molecule has 8 heteroatoms. The van der Waals surface area contributed by atoms with Gasteiger partial charge in [-0.1, -0.05) is 30.3 Å². The van der Waals surface area contributed by atoms with Gasteiger partial charge in [0, 0.05) is 24.3 Å². The number of hydrogen-bond acceptors (Lipinski definition) is 6. The maximum Gasteiger partial charge on any atom is 0.331 e. The van der Waals surface area contributed by atoms with Crippen LogP contribution in [0, 0.1) is 0 Å². The molecule has 160 valence electrons. The fourth-order valence-electron chi connectivity index (χ4n) is 3.53. The molecule has 0 radical (unpaired) electrons. The highest BCUT2D eigenvalue weighted by Gasteiger charge is 2.53. The summed E-state index contributed by atoms with van der Waals surface area (Å²) in [4.78, 5) is 41.6. The van der Waals surface area contributed by atoms with Gasteiger partial charge in [0.2, 0.25) is 0 Å². The van der Waals surface area contributed by atoms with Crippen LogP contribution in [-0.2, 0) is 22.5 Å². The SMILES string of the molecule is CCOC(=O)C1(NC(=O)c2ncc3c(=O)n(CCc4ccccc4)ccc3c2O)CC1. The first-order chi connectivity index (χ1) is 14.9. The predicted molar refractivity (Wildman–Crippen MR) is 114 cm³/mol. The summed E-state index contributed by atoms with van der Waals surface area (Å²) >= 11 is 0.